The Balaban J connectivity index is 1.68. The van der Waals surface area contributed by atoms with E-state index in [0.29, 0.717) is 17.8 Å². The molecule has 0 bridgehead atoms. The van der Waals surface area contributed by atoms with Crippen molar-refractivity contribution < 1.29 is 9.50 Å². The van der Waals surface area contributed by atoms with Gasteiger partial charge in [-0.25, -0.2) is 9.37 Å². The molecule has 6 nitrogen and oxygen atoms in total. The van der Waals surface area contributed by atoms with Crippen LogP contribution in [0.15, 0.2) is 60.7 Å². The van der Waals surface area contributed by atoms with Crippen LogP contribution in [-0.4, -0.2) is 63.9 Å². The van der Waals surface area contributed by atoms with E-state index in [1.54, 1.807) is 12.1 Å². The highest BCUT2D eigenvalue weighted by molar-refractivity contribution is 5.83. The largest absolute Gasteiger partial charge is 0.395 e. The number of fused-ring (bicyclic) bond motifs is 1. The molecule has 164 valence electrons. The van der Waals surface area contributed by atoms with E-state index in [4.69, 9.17) is 10.1 Å². The molecule has 1 N–H and O–H groups in total. The predicted octanol–water partition coefficient (Wildman–Crippen LogP) is 3.63. The molecule has 1 aliphatic rings. The van der Waals surface area contributed by atoms with Gasteiger partial charge in [-0.3, -0.25) is 4.90 Å². The number of halogens is 1. The minimum atomic E-state index is -0.281. The zero-order valence-corrected chi connectivity index (χ0v) is 18.1. The summed E-state index contributed by atoms with van der Waals surface area (Å²) in [6, 6.07) is 18.9. The number of benzene rings is 2. The summed E-state index contributed by atoms with van der Waals surface area (Å²) < 4.78 is 16.6. The lowest BCUT2D eigenvalue weighted by molar-refractivity contribution is 0.188. The molecule has 1 fully saturated rings. The van der Waals surface area contributed by atoms with Crippen LogP contribution in [0.25, 0.3) is 28.0 Å². The van der Waals surface area contributed by atoms with Crippen molar-refractivity contribution in [1.29, 1.82) is 0 Å². The number of piperazine rings is 1. The first-order valence-corrected chi connectivity index (χ1v) is 10.9. The van der Waals surface area contributed by atoms with Gasteiger partial charge in [-0.15, -0.1) is 0 Å². The smallest absolute Gasteiger partial charge is 0.166 e. The number of rotatable bonds is 5. The Bertz CT molecular complexity index is 1230. The fraction of sp³-hybridized carbons (Fsp3) is 0.280. The highest BCUT2D eigenvalue weighted by Crippen LogP contribution is 2.34. The van der Waals surface area contributed by atoms with Crippen molar-refractivity contribution in [1.82, 2.24) is 19.5 Å². The van der Waals surface area contributed by atoms with Crippen molar-refractivity contribution in [3.63, 3.8) is 0 Å². The van der Waals surface area contributed by atoms with E-state index in [9.17, 15) is 9.50 Å². The van der Waals surface area contributed by atoms with Gasteiger partial charge in [0.25, 0.3) is 0 Å². The van der Waals surface area contributed by atoms with Crippen LogP contribution in [0.4, 0.5) is 10.2 Å². The monoisotopic (exact) mass is 431 g/mol. The fourth-order valence-electron chi connectivity index (χ4n) is 4.41. The summed E-state index contributed by atoms with van der Waals surface area (Å²) in [5.41, 5.74) is 4.48. The van der Waals surface area contributed by atoms with Gasteiger partial charge in [0.2, 0.25) is 0 Å². The number of nitrogens with zero attached hydrogens (tertiary/aromatic N) is 5. The second-order valence-corrected chi connectivity index (χ2v) is 8.09. The van der Waals surface area contributed by atoms with Crippen molar-refractivity contribution in [2.45, 2.75) is 6.92 Å². The van der Waals surface area contributed by atoms with E-state index >= 15 is 0 Å². The maximum Gasteiger partial charge on any atom is 0.166 e. The molecule has 2 aromatic heterocycles. The molecule has 0 aliphatic carbocycles. The van der Waals surface area contributed by atoms with Crippen LogP contribution in [0.3, 0.4) is 0 Å². The molecule has 5 rings (SSSR count). The zero-order valence-electron chi connectivity index (χ0n) is 18.1. The van der Waals surface area contributed by atoms with Gasteiger partial charge in [-0.05, 0) is 13.0 Å². The molecule has 2 aromatic carbocycles. The fourth-order valence-corrected chi connectivity index (χ4v) is 4.41. The quantitative estimate of drug-likeness (QED) is 0.523. The molecule has 0 spiro atoms. The lowest BCUT2D eigenvalue weighted by atomic mass is 10.1. The Morgan fingerprint density at radius 1 is 0.969 bits per heavy atom. The number of hydrogen-bond donors (Lipinski definition) is 1. The third-order valence-corrected chi connectivity index (χ3v) is 6.07. The van der Waals surface area contributed by atoms with Crippen LogP contribution in [0.5, 0.6) is 0 Å². The summed E-state index contributed by atoms with van der Waals surface area (Å²) >= 11 is 0. The highest BCUT2D eigenvalue weighted by atomic mass is 19.1. The van der Waals surface area contributed by atoms with Gasteiger partial charge in [0.1, 0.15) is 11.6 Å². The first-order valence-electron chi connectivity index (χ1n) is 10.9. The zero-order chi connectivity index (χ0) is 22.1. The number of aliphatic hydroxyl groups is 1. The molecule has 0 unspecified atom stereocenters. The summed E-state index contributed by atoms with van der Waals surface area (Å²) in [5, 5.41) is 14.0. The minimum Gasteiger partial charge on any atom is -0.395 e. The molecular weight excluding hydrogens is 405 g/mol. The number of β-amino-alcohol motifs (C(OH)–C–C–N with tert-alkyl or cyclic N) is 1. The van der Waals surface area contributed by atoms with Crippen molar-refractivity contribution in [2.24, 2.45) is 0 Å². The second kappa shape index (κ2) is 8.68. The number of aromatic nitrogens is 3. The van der Waals surface area contributed by atoms with Crippen molar-refractivity contribution >= 4 is 11.5 Å². The number of hydrogen-bond acceptors (Lipinski definition) is 5. The van der Waals surface area contributed by atoms with E-state index in [0.717, 1.165) is 54.5 Å². The Hall–Kier alpha value is -3.29. The number of anilines is 1. The summed E-state index contributed by atoms with van der Waals surface area (Å²) in [6.45, 7) is 6.14. The Labute approximate surface area is 186 Å². The second-order valence-electron chi connectivity index (χ2n) is 8.09. The Morgan fingerprint density at radius 2 is 1.69 bits per heavy atom. The van der Waals surface area contributed by atoms with Crippen molar-refractivity contribution in [3.8, 4) is 22.4 Å². The molecule has 0 radical (unpaired) electrons. The van der Waals surface area contributed by atoms with Gasteiger partial charge in [0.05, 0.1) is 23.6 Å². The van der Waals surface area contributed by atoms with E-state index in [2.05, 4.69) is 15.9 Å². The van der Waals surface area contributed by atoms with Crippen molar-refractivity contribution in [2.75, 3.05) is 44.2 Å². The van der Waals surface area contributed by atoms with E-state index in [1.807, 2.05) is 47.8 Å². The molecule has 1 aliphatic heterocycles. The molecule has 3 heterocycles. The van der Waals surface area contributed by atoms with Gasteiger partial charge in [-0.2, -0.15) is 9.61 Å². The molecule has 4 aromatic rings. The summed E-state index contributed by atoms with van der Waals surface area (Å²) in [7, 11) is 0. The lowest BCUT2D eigenvalue weighted by Crippen LogP contribution is -2.47. The third-order valence-electron chi connectivity index (χ3n) is 6.07. The standard InChI is InChI=1S/C25H26FN5O/c1-18-24(20-9-5-6-10-21(20)26)25-27-22(19-7-3-2-4-8-19)17-23(31(25)28-18)30-13-11-29(12-14-30)15-16-32/h2-10,17,32H,11-16H2,1H3. The SMILES string of the molecule is Cc1nn2c(N3CCN(CCO)CC3)cc(-c3ccccc3)nc2c1-c1ccccc1F. The number of aliphatic hydroxyl groups excluding tert-OH is 1. The molecule has 0 saturated carbocycles. The summed E-state index contributed by atoms with van der Waals surface area (Å²) in [5.74, 6) is 0.666. The summed E-state index contributed by atoms with van der Waals surface area (Å²) in [6.07, 6.45) is 0. The topological polar surface area (TPSA) is 56.9 Å². The van der Waals surface area contributed by atoms with Gasteiger partial charge in [0, 0.05) is 49.9 Å². The molecule has 1 saturated heterocycles. The first kappa shape index (κ1) is 20.6. The Morgan fingerprint density at radius 3 is 2.41 bits per heavy atom. The van der Waals surface area contributed by atoms with Gasteiger partial charge >= 0.3 is 0 Å². The van der Waals surface area contributed by atoms with Crippen molar-refractivity contribution in [3.05, 3.63) is 72.2 Å². The van der Waals surface area contributed by atoms with E-state index < -0.39 is 0 Å². The molecule has 0 atom stereocenters. The minimum absolute atomic E-state index is 0.169. The van der Waals surface area contributed by atoms with Crippen LogP contribution in [0, 0.1) is 12.7 Å². The van der Waals surface area contributed by atoms with Gasteiger partial charge in [-0.1, -0.05) is 48.5 Å². The lowest BCUT2D eigenvalue weighted by Gasteiger charge is -2.35. The van der Waals surface area contributed by atoms with Crippen LogP contribution in [0.2, 0.25) is 0 Å². The number of aryl methyl sites for hydroxylation is 1. The molecule has 7 heteroatoms. The maximum atomic E-state index is 14.8. The Kier molecular flexibility index (Phi) is 5.59. The van der Waals surface area contributed by atoms with Crippen LogP contribution >= 0.6 is 0 Å². The van der Waals surface area contributed by atoms with Crippen LogP contribution in [0.1, 0.15) is 5.69 Å². The molecule has 32 heavy (non-hydrogen) atoms. The van der Waals surface area contributed by atoms with E-state index in [-0.39, 0.29) is 12.4 Å². The highest BCUT2D eigenvalue weighted by Gasteiger charge is 2.24. The normalized spacial score (nSPS) is 14.9. The third kappa shape index (κ3) is 3.74. The van der Waals surface area contributed by atoms with Crippen LogP contribution < -0.4 is 4.90 Å². The van der Waals surface area contributed by atoms with E-state index in [1.165, 1.54) is 6.07 Å². The maximum absolute atomic E-state index is 14.8. The van der Waals surface area contributed by atoms with Gasteiger partial charge < -0.3 is 10.0 Å². The average Bonchev–Trinajstić information content (AvgIpc) is 3.16. The molecule has 0 amide bonds. The van der Waals surface area contributed by atoms with Gasteiger partial charge in [0.15, 0.2) is 5.65 Å². The van der Waals surface area contributed by atoms with Crippen LogP contribution in [-0.2, 0) is 0 Å². The molecular formula is C25H26FN5O. The predicted molar refractivity (Wildman–Crippen MR) is 124 cm³/mol. The summed E-state index contributed by atoms with van der Waals surface area (Å²) in [4.78, 5) is 9.50. The first-order chi connectivity index (χ1) is 15.7. The average molecular weight is 432 g/mol.